The summed E-state index contributed by atoms with van der Waals surface area (Å²) in [5.74, 6) is 0.194. The van der Waals surface area contributed by atoms with Gasteiger partial charge in [0.15, 0.2) is 17.5 Å². The van der Waals surface area contributed by atoms with Gasteiger partial charge in [0.2, 0.25) is 6.79 Å². The number of carbonyl (C=O) groups excluding carboxylic acids is 2. The van der Waals surface area contributed by atoms with E-state index in [4.69, 9.17) is 14.2 Å². The van der Waals surface area contributed by atoms with Crippen LogP contribution in [0.3, 0.4) is 0 Å². The van der Waals surface area contributed by atoms with Crippen LogP contribution < -0.4 is 14.8 Å². The Kier molecular flexibility index (Phi) is 5.18. The normalized spacial score (nSPS) is 15.4. The second kappa shape index (κ2) is 6.96. The van der Waals surface area contributed by atoms with Gasteiger partial charge in [0.25, 0.3) is 0 Å². The third kappa shape index (κ3) is 4.29. The highest BCUT2D eigenvalue weighted by atomic mass is 16.7. The number of methoxy groups -OCH3 is 1. The predicted molar refractivity (Wildman–Crippen MR) is 82.7 cm³/mol. The number of aliphatic hydroxyl groups is 1. The molecule has 0 bridgehead atoms. The van der Waals surface area contributed by atoms with Gasteiger partial charge in [0.05, 0.1) is 7.11 Å². The number of rotatable bonds is 4. The lowest BCUT2D eigenvalue weighted by atomic mass is 10.0. The highest BCUT2D eigenvalue weighted by Gasteiger charge is 2.33. The number of fused-ring (bicyclic) bond motifs is 1. The summed E-state index contributed by atoms with van der Waals surface area (Å²) in [6.45, 7) is 5.15. The van der Waals surface area contributed by atoms with E-state index < -0.39 is 29.8 Å². The van der Waals surface area contributed by atoms with E-state index in [2.05, 4.69) is 10.1 Å². The number of alkyl carbamates (subject to hydrolysis) is 1. The topological polar surface area (TPSA) is 103 Å². The number of benzene rings is 1. The van der Waals surface area contributed by atoms with Gasteiger partial charge in [-0.3, -0.25) is 0 Å². The van der Waals surface area contributed by atoms with E-state index in [0.717, 1.165) is 0 Å². The molecule has 2 rings (SSSR count). The van der Waals surface area contributed by atoms with Crippen LogP contribution in [0, 0.1) is 0 Å². The second-order valence-electron chi connectivity index (χ2n) is 6.20. The van der Waals surface area contributed by atoms with E-state index in [1.54, 1.807) is 39.0 Å². The SMILES string of the molecule is COC(=O)[C@@H](NC(=O)OC(C)(C)C)[C@H](O)c1ccc2c(c1)OCO2. The van der Waals surface area contributed by atoms with Crippen molar-refractivity contribution in [3.05, 3.63) is 23.8 Å². The average Bonchev–Trinajstić information content (AvgIpc) is 2.97. The largest absolute Gasteiger partial charge is 0.467 e. The van der Waals surface area contributed by atoms with Gasteiger partial charge < -0.3 is 29.4 Å². The maximum absolute atomic E-state index is 12.0. The van der Waals surface area contributed by atoms with Gasteiger partial charge in [-0.2, -0.15) is 0 Å². The summed E-state index contributed by atoms with van der Waals surface area (Å²) in [6.07, 6.45) is -2.18. The number of esters is 1. The van der Waals surface area contributed by atoms with E-state index in [0.29, 0.717) is 17.1 Å². The van der Waals surface area contributed by atoms with Gasteiger partial charge in [0, 0.05) is 0 Å². The summed E-state index contributed by atoms with van der Waals surface area (Å²) in [5.41, 5.74) is -0.375. The summed E-state index contributed by atoms with van der Waals surface area (Å²) >= 11 is 0. The van der Waals surface area contributed by atoms with Crippen LogP contribution in [0.4, 0.5) is 4.79 Å². The van der Waals surface area contributed by atoms with E-state index in [9.17, 15) is 14.7 Å². The molecule has 1 aromatic rings. The number of hydrogen-bond donors (Lipinski definition) is 2. The van der Waals surface area contributed by atoms with Crippen LogP contribution in [0.1, 0.15) is 32.4 Å². The van der Waals surface area contributed by atoms with Crippen molar-refractivity contribution >= 4 is 12.1 Å². The van der Waals surface area contributed by atoms with Crippen molar-refractivity contribution in [2.24, 2.45) is 0 Å². The lowest BCUT2D eigenvalue weighted by Gasteiger charge is -2.25. The molecule has 0 radical (unpaired) electrons. The summed E-state index contributed by atoms with van der Waals surface area (Å²) < 4.78 is 20.2. The summed E-state index contributed by atoms with van der Waals surface area (Å²) in [5, 5.41) is 12.8. The number of aliphatic hydroxyl groups excluding tert-OH is 1. The fourth-order valence-electron chi connectivity index (χ4n) is 2.12. The molecule has 0 spiro atoms. The van der Waals surface area contributed by atoms with Crippen molar-refractivity contribution in [1.82, 2.24) is 5.32 Å². The Hall–Kier alpha value is -2.48. The van der Waals surface area contributed by atoms with E-state index in [1.165, 1.54) is 7.11 Å². The Morgan fingerprint density at radius 3 is 2.54 bits per heavy atom. The molecule has 1 aliphatic heterocycles. The molecule has 0 unspecified atom stereocenters. The third-order valence-corrected chi connectivity index (χ3v) is 3.18. The van der Waals surface area contributed by atoms with Crippen molar-refractivity contribution in [3.63, 3.8) is 0 Å². The molecule has 8 nitrogen and oxygen atoms in total. The molecule has 1 aromatic carbocycles. The molecular weight excluding hydrogens is 318 g/mol. The Morgan fingerprint density at radius 2 is 1.92 bits per heavy atom. The van der Waals surface area contributed by atoms with Crippen molar-refractivity contribution in [1.29, 1.82) is 0 Å². The Morgan fingerprint density at radius 1 is 1.25 bits per heavy atom. The van der Waals surface area contributed by atoms with Crippen LogP contribution in [0.2, 0.25) is 0 Å². The van der Waals surface area contributed by atoms with Crippen molar-refractivity contribution in [2.75, 3.05) is 13.9 Å². The molecule has 2 atom stereocenters. The van der Waals surface area contributed by atoms with Gasteiger partial charge in [-0.15, -0.1) is 0 Å². The third-order valence-electron chi connectivity index (χ3n) is 3.18. The lowest BCUT2D eigenvalue weighted by Crippen LogP contribution is -2.47. The molecule has 0 saturated heterocycles. The molecular formula is C16H21NO7. The van der Waals surface area contributed by atoms with Gasteiger partial charge in [-0.25, -0.2) is 9.59 Å². The molecule has 2 N–H and O–H groups in total. The van der Waals surface area contributed by atoms with E-state index in [-0.39, 0.29) is 6.79 Å². The number of nitrogens with one attached hydrogen (secondary N) is 1. The molecule has 8 heteroatoms. The van der Waals surface area contributed by atoms with Crippen LogP contribution in [0.5, 0.6) is 11.5 Å². The zero-order valence-corrected chi connectivity index (χ0v) is 14.0. The Labute approximate surface area is 139 Å². The standard InChI is InChI=1S/C16H21NO7/c1-16(2,3)24-15(20)17-12(14(19)21-4)13(18)9-5-6-10-11(7-9)23-8-22-10/h5-7,12-13,18H,8H2,1-4H3,(H,17,20)/t12-,13+/m0/s1. The number of amides is 1. The second-order valence-corrected chi connectivity index (χ2v) is 6.20. The molecule has 132 valence electrons. The zero-order valence-electron chi connectivity index (χ0n) is 14.0. The summed E-state index contributed by atoms with van der Waals surface area (Å²) in [4.78, 5) is 23.9. The predicted octanol–water partition coefficient (Wildman–Crippen LogP) is 1.51. The van der Waals surface area contributed by atoms with Crippen LogP contribution in [-0.2, 0) is 14.3 Å². The minimum Gasteiger partial charge on any atom is -0.467 e. The van der Waals surface area contributed by atoms with E-state index >= 15 is 0 Å². The van der Waals surface area contributed by atoms with Gasteiger partial charge in [0.1, 0.15) is 11.7 Å². The first kappa shape index (κ1) is 17.9. The van der Waals surface area contributed by atoms with Gasteiger partial charge in [-0.05, 0) is 38.5 Å². The van der Waals surface area contributed by atoms with Crippen LogP contribution in [0.25, 0.3) is 0 Å². The highest BCUT2D eigenvalue weighted by Crippen LogP contribution is 2.34. The summed E-state index contributed by atoms with van der Waals surface area (Å²) in [6, 6.07) is 3.40. The summed E-state index contributed by atoms with van der Waals surface area (Å²) in [7, 11) is 1.17. The molecule has 24 heavy (non-hydrogen) atoms. The van der Waals surface area contributed by atoms with Crippen LogP contribution >= 0.6 is 0 Å². The van der Waals surface area contributed by atoms with E-state index in [1.807, 2.05) is 0 Å². The Bertz CT molecular complexity index is 623. The van der Waals surface area contributed by atoms with Crippen molar-refractivity contribution in [2.45, 2.75) is 38.5 Å². The Balaban J connectivity index is 2.17. The fraction of sp³-hybridized carbons (Fsp3) is 0.500. The number of ether oxygens (including phenoxy) is 4. The van der Waals surface area contributed by atoms with Crippen LogP contribution in [-0.4, -0.2) is 42.7 Å². The highest BCUT2D eigenvalue weighted by molar-refractivity contribution is 5.82. The molecule has 1 aliphatic rings. The zero-order chi connectivity index (χ0) is 17.9. The minimum atomic E-state index is -1.35. The van der Waals surface area contributed by atoms with Crippen molar-refractivity contribution in [3.8, 4) is 11.5 Å². The first-order valence-electron chi connectivity index (χ1n) is 7.36. The maximum Gasteiger partial charge on any atom is 0.408 e. The van der Waals surface area contributed by atoms with Crippen molar-refractivity contribution < 1.29 is 33.6 Å². The molecule has 0 saturated carbocycles. The number of carbonyl (C=O) groups is 2. The molecule has 1 amide bonds. The first-order valence-corrected chi connectivity index (χ1v) is 7.36. The molecule has 0 aromatic heterocycles. The number of hydrogen-bond acceptors (Lipinski definition) is 7. The first-order chi connectivity index (χ1) is 11.2. The fourth-order valence-corrected chi connectivity index (χ4v) is 2.12. The molecule has 0 aliphatic carbocycles. The monoisotopic (exact) mass is 339 g/mol. The van der Waals surface area contributed by atoms with Gasteiger partial charge >= 0.3 is 12.1 Å². The van der Waals surface area contributed by atoms with Gasteiger partial charge in [-0.1, -0.05) is 6.07 Å². The molecule has 1 heterocycles. The lowest BCUT2D eigenvalue weighted by molar-refractivity contribution is -0.146. The average molecular weight is 339 g/mol. The quantitative estimate of drug-likeness (QED) is 0.802. The van der Waals surface area contributed by atoms with Crippen LogP contribution in [0.15, 0.2) is 18.2 Å². The maximum atomic E-state index is 12.0. The minimum absolute atomic E-state index is 0.0888. The smallest absolute Gasteiger partial charge is 0.408 e. The molecule has 0 fully saturated rings.